The van der Waals surface area contributed by atoms with Crippen LogP contribution in [0.4, 0.5) is 0 Å². The fraction of sp³-hybridized carbons (Fsp3) is 0.778. The minimum absolute atomic E-state index is 0.0366. The van der Waals surface area contributed by atoms with Crippen LogP contribution in [0.25, 0.3) is 0 Å². The lowest BCUT2D eigenvalue weighted by molar-refractivity contribution is -0.115. The highest BCUT2D eigenvalue weighted by atomic mass is 32.2. The molecule has 2 atom stereocenters. The molecule has 0 aromatic heterocycles. The third-order valence-corrected chi connectivity index (χ3v) is 3.72. The van der Waals surface area contributed by atoms with Crippen LogP contribution in [-0.4, -0.2) is 46.0 Å². The average Bonchev–Trinajstić information content (AvgIpc) is 2.70. The molecule has 0 bridgehead atoms. The first-order valence-corrected chi connectivity index (χ1v) is 5.82. The summed E-state index contributed by atoms with van der Waals surface area (Å²) < 4.78 is 0. The predicted octanol–water partition coefficient (Wildman–Crippen LogP) is 0.319. The Morgan fingerprint density at radius 1 is 1.71 bits per heavy atom. The van der Waals surface area contributed by atoms with Crippen LogP contribution in [0.15, 0.2) is 4.99 Å². The van der Waals surface area contributed by atoms with Crippen molar-refractivity contribution in [1.82, 2.24) is 4.90 Å². The molecule has 0 radical (unpaired) electrons. The van der Waals surface area contributed by atoms with Gasteiger partial charge in [0.15, 0.2) is 5.17 Å². The molecule has 2 heterocycles. The lowest BCUT2D eigenvalue weighted by Crippen LogP contribution is -2.27. The highest BCUT2D eigenvalue weighted by Gasteiger charge is 2.30. The zero-order chi connectivity index (χ0) is 10.1. The van der Waals surface area contributed by atoms with E-state index < -0.39 is 0 Å². The molecule has 0 aliphatic carbocycles. The molecule has 1 saturated heterocycles. The number of aliphatic hydroxyl groups excluding tert-OH is 1. The summed E-state index contributed by atoms with van der Waals surface area (Å²) in [6.07, 6.45) is 0.730. The second-order valence-electron chi connectivity index (χ2n) is 3.81. The number of hydrogen-bond acceptors (Lipinski definition) is 4. The van der Waals surface area contributed by atoms with Crippen molar-refractivity contribution in [3.05, 3.63) is 0 Å². The Hall–Kier alpha value is -0.550. The Bertz CT molecular complexity index is 278. The van der Waals surface area contributed by atoms with Gasteiger partial charge in [-0.05, 0) is 13.3 Å². The van der Waals surface area contributed by atoms with Crippen LogP contribution in [0.5, 0.6) is 0 Å². The maximum atomic E-state index is 10.9. The van der Waals surface area contributed by atoms with Crippen LogP contribution >= 0.6 is 11.8 Å². The van der Waals surface area contributed by atoms with Crippen molar-refractivity contribution >= 4 is 22.8 Å². The summed E-state index contributed by atoms with van der Waals surface area (Å²) in [6, 6.07) is 0. The molecular formula is C9H14N2O2S. The van der Waals surface area contributed by atoms with Gasteiger partial charge in [0.1, 0.15) is 0 Å². The van der Waals surface area contributed by atoms with Crippen molar-refractivity contribution < 1.29 is 9.90 Å². The largest absolute Gasteiger partial charge is 0.393 e. The number of amidine groups is 1. The highest BCUT2D eigenvalue weighted by molar-refractivity contribution is 8.14. The Balaban J connectivity index is 1.96. The molecule has 0 spiro atoms. The number of likely N-dealkylation sites (tertiary alicyclic amines) is 1. The first kappa shape index (κ1) is 9.98. The summed E-state index contributed by atoms with van der Waals surface area (Å²) in [5.41, 5.74) is 0. The minimum atomic E-state index is -0.261. The molecule has 78 valence electrons. The van der Waals surface area contributed by atoms with Crippen molar-refractivity contribution in [2.45, 2.75) is 19.4 Å². The van der Waals surface area contributed by atoms with E-state index >= 15 is 0 Å². The number of thioether (sulfide) groups is 1. The molecule has 0 saturated carbocycles. The molecule has 0 aromatic carbocycles. The van der Waals surface area contributed by atoms with Gasteiger partial charge in [-0.25, -0.2) is 0 Å². The third-order valence-electron chi connectivity index (χ3n) is 2.72. The van der Waals surface area contributed by atoms with Crippen LogP contribution in [0.2, 0.25) is 0 Å². The number of hydrogen-bond donors (Lipinski definition) is 1. The number of carbonyl (C=O) groups excluding carboxylic acids is 1. The molecule has 1 amide bonds. The van der Waals surface area contributed by atoms with E-state index in [4.69, 9.17) is 0 Å². The first-order valence-electron chi connectivity index (χ1n) is 4.84. The summed E-state index contributed by atoms with van der Waals surface area (Å²) in [6.45, 7) is 3.56. The van der Waals surface area contributed by atoms with E-state index in [9.17, 15) is 9.90 Å². The highest BCUT2D eigenvalue weighted by Crippen LogP contribution is 2.25. The number of aliphatic hydroxyl groups is 1. The molecule has 2 aliphatic heterocycles. The van der Waals surface area contributed by atoms with E-state index in [2.05, 4.69) is 9.89 Å². The maximum absolute atomic E-state index is 10.9. The molecule has 4 nitrogen and oxygen atoms in total. The summed E-state index contributed by atoms with van der Waals surface area (Å²) >= 11 is 1.51. The fourth-order valence-corrected chi connectivity index (χ4v) is 2.65. The molecule has 0 aromatic rings. The van der Waals surface area contributed by atoms with Crippen molar-refractivity contribution in [2.24, 2.45) is 10.9 Å². The van der Waals surface area contributed by atoms with Gasteiger partial charge < -0.3 is 10.0 Å². The van der Waals surface area contributed by atoms with Crippen molar-refractivity contribution in [3.8, 4) is 0 Å². The molecule has 2 rings (SSSR count). The average molecular weight is 214 g/mol. The standard InChI is InChI=1S/C9H14N2O2S/c1-6(12)7-2-3-11(4-7)9-10-8(13)5-14-9/h6-7,12H,2-5H2,1H3. The zero-order valence-electron chi connectivity index (χ0n) is 8.14. The smallest absolute Gasteiger partial charge is 0.258 e. The van der Waals surface area contributed by atoms with Gasteiger partial charge in [-0.1, -0.05) is 11.8 Å². The number of nitrogens with zero attached hydrogens (tertiary/aromatic N) is 2. The summed E-state index contributed by atoms with van der Waals surface area (Å²) in [5.74, 6) is 0.769. The van der Waals surface area contributed by atoms with E-state index in [0.717, 1.165) is 24.7 Å². The van der Waals surface area contributed by atoms with Crippen LogP contribution < -0.4 is 0 Å². The quantitative estimate of drug-likeness (QED) is 0.683. The fourth-order valence-electron chi connectivity index (χ4n) is 1.81. The van der Waals surface area contributed by atoms with Gasteiger partial charge in [-0.2, -0.15) is 4.99 Å². The predicted molar refractivity (Wildman–Crippen MR) is 56.3 cm³/mol. The Labute approximate surface area is 87.4 Å². The van der Waals surface area contributed by atoms with Crippen molar-refractivity contribution in [1.29, 1.82) is 0 Å². The monoisotopic (exact) mass is 214 g/mol. The minimum Gasteiger partial charge on any atom is -0.393 e. The van der Waals surface area contributed by atoms with E-state index in [-0.39, 0.29) is 12.0 Å². The van der Waals surface area contributed by atoms with Crippen molar-refractivity contribution in [2.75, 3.05) is 18.8 Å². The van der Waals surface area contributed by atoms with Gasteiger partial charge >= 0.3 is 0 Å². The summed E-state index contributed by atoms with van der Waals surface area (Å²) in [4.78, 5) is 17.0. The number of carbonyl (C=O) groups is 1. The summed E-state index contributed by atoms with van der Waals surface area (Å²) in [5, 5.41) is 10.3. The van der Waals surface area contributed by atoms with E-state index in [1.807, 2.05) is 6.92 Å². The van der Waals surface area contributed by atoms with Gasteiger partial charge in [0.05, 0.1) is 11.9 Å². The molecule has 14 heavy (non-hydrogen) atoms. The molecule has 2 aliphatic rings. The first-order chi connectivity index (χ1) is 6.66. The molecule has 1 fully saturated rings. The lowest BCUT2D eigenvalue weighted by Gasteiger charge is -2.17. The number of aliphatic imine (C=N–C) groups is 1. The topological polar surface area (TPSA) is 52.9 Å². The van der Waals surface area contributed by atoms with E-state index in [1.54, 1.807) is 0 Å². The molecule has 1 N–H and O–H groups in total. The Kier molecular flexibility index (Phi) is 2.78. The second kappa shape index (κ2) is 3.90. The zero-order valence-corrected chi connectivity index (χ0v) is 8.96. The van der Waals surface area contributed by atoms with Crippen molar-refractivity contribution in [3.63, 3.8) is 0 Å². The van der Waals surface area contributed by atoms with Gasteiger partial charge in [0, 0.05) is 19.0 Å². The van der Waals surface area contributed by atoms with E-state index in [0.29, 0.717) is 11.7 Å². The summed E-state index contributed by atoms with van der Waals surface area (Å²) in [7, 11) is 0. The normalized spacial score (nSPS) is 29.6. The lowest BCUT2D eigenvalue weighted by atomic mass is 10.0. The van der Waals surface area contributed by atoms with Gasteiger partial charge in [0.25, 0.3) is 5.91 Å². The van der Waals surface area contributed by atoms with Crippen LogP contribution in [0.1, 0.15) is 13.3 Å². The number of rotatable bonds is 1. The van der Waals surface area contributed by atoms with Crippen LogP contribution in [0, 0.1) is 5.92 Å². The maximum Gasteiger partial charge on any atom is 0.258 e. The molecular weight excluding hydrogens is 200 g/mol. The second-order valence-corrected chi connectivity index (χ2v) is 4.75. The van der Waals surface area contributed by atoms with Gasteiger partial charge in [-0.15, -0.1) is 0 Å². The third kappa shape index (κ3) is 1.93. The Morgan fingerprint density at radius 3 is 3.00 bits per heavy atom. The Morgan fingerprint density at radius 2 is 2.50 bits per heavy atom. The van der Waals surface area contributed by atoms with Crippen LogP contribution in [0.3, 0.4) is 0 Å². The van der Waals surface area contributed by atoms with Gasteiger partial charge in [0.2, 0.25) is 0 Å². The number of amides is 1. The van der Waals surface area contributed by atoms with Gasteiger partial charge in [-0.3, -0.25) is 4.79 Å². The van der Waals surface area contributed by atoms with E-state index in [1.165, 1.54) is 11.8 Å². The molecule has 2 unspecified atom stereocenters. The van der Waals surface area contributed by atoms with Crippen LogP contribution in [-0.2, 0) is 4.79 Å². The SMILES string of the molecule is CC(O)C1CCN(C2=NC(=O)CS2)C1. The molecule has 5 heteroatoms.